The molecule has 0 saturated heterocycles. The van der Waals surface area contributed by atoms with Crippen LogP contribution in [-0.4, -0.2) is 38.0 Å². The van der Waals surface area contributed by atoms with Crippen molar-refractivity contribution in [2.24, 2.45) is 0 Å². The van der Waals surface area contributed by atoms with E-state index >= 15 is 0 Å². The van der Waals surface area contributed by atoms with Crippen molar-refractivity contribution < 1.29 is 4.79 Å². The van der Waals surface area contributed by atoms with Gasteiger partial charge in [0, 0.05) is 13.0 Å². The molecular weight excluding hydrogens is 272 g/mol. The van der Waals surface area contributed by atoms with Gasteiger partial charge in [-0.25, -0.2) is 0 Å². The van der Waals surface area contributed by atoms with Gasteiger partial charge in [-0.1, -0.05) is 51.2 Å². The average Bonchev–Trinajstić information content (AvgIpc) is 2.49. The minimum Gasteiger partial charge on any atom is -0.356 e. The number of amides is 1. The van der Waals surface area contributed by atoms with Crippen molar-refractivity contribution in [1.29, 1.82) is 0 Å². The highest BCUT2D eigenvalue weighted by Crippen LogP contribution is 2.08. The lowest BCUT2D eigenvalue weighted by atomic mass is 10.1. The molecule has 0 aromatic carbocycles. The number of hydrogen-bond acceptors (Lipinski definition) is 2. The summed E-state index contributed by atoms with van der Waals surface area (Å²) in [6, 6.07) is 0. The lowest BCUT2D eigenvalue weighted by molar-refractivity contribution is -0.121. The number of nitrogens with zero attached hydrogens (tertiary/aromatic N) is 1. The molecule has 0 rings (SSSR count). The van der Waals surface area contributed by atoms with Crippen molar-refractivity contribution in [2.45, 2.75) is 77.6 Å². The highest BCUT2D eigenvalue weighted by molar-refractivity contribution is 5.75. The number of nitrogens with one attached hydrogen (secondary N) is 1. The third-order valence-electron chi connectivity index (χ3n) is 3.77. The topological polar surface area (TPSA) is 32.3 Å². The smallest absolute Gasteiger partial charge is 0.219 e. The zero-order valence-corrected chi connectivity index (χ0v) is 15.2. The number of allylic oxidation sites excluding steroid dienone is 2. The Bertz CT molecular complexity index is 275. The van der Waals surface area contributed by atoms with Gasteiger partial charge in [0.2, 0.25) is 5.91 Å². The molecule has 3 nitrogen and oxygen atoms in total. The first-order valence-electron chi connectivity index (χ1n) is 9.23. The molecule has 0 aliphatic carbocycles. The molecule has 0 unspecified atom stereocenters. The molecule has 0 saturated carbocycles. The van der Waals surface area contributed by atoms with E-state index in [1.54, 1.807) is 0 Å². The largest absolute Gasteiger partial charge is 0.356 e. The van der Waals surface area contributed by atoms with Crippen LogP contribution in [0.15, 0.2) is 12.2 Å². The molecule has 0 aromatic rings. The van der Waals surface area contributed by atoms with Gasteiger partial charge in [-0.2, -0.15) is 0 Å². The van der Waals surface area contributed by atoms with E-state index in [9.17, 15) is 4.79 Å². The second-order valence-electron chi connectivity index (χ2n) is 6.43. The molecule has 0 aliphatic heterocycles. The van der Waals surface area contributed by atoms with Gasteiger partial charge in [-0.3, -0.25) is 4.79 Å². The first-order chi connectivity index (χ1) is 10.7. The predicted octanol–water partition coefficient (Wildman–Crippen LogP) is 4.53. The normalized spacial score (nSPS) is 11.5. The molecule has 130 valence electrons. The monoisotopic (exact) mass is 310 g/mol. The zero-order chi connectivity index (χ0) is 16.5. The third-order valence-corrected chi connectivity index (χ3v) is 3.77. The van der Waals surface area contributed by atoms with Gasteiger partial charge in [0.25, 0.3) is 0 Å². The standard InChI is InChI=1S/C19H38N2O/c1-4-5-6-7-8-9-10-11-12-13-14-16-19(22)20-17-15-18-21(2)3/h7-8H,4-6,9-18H2,1-3H3,(H,20,22)/b8-7+. The molecule has 0 aliphatic rings. The Kier molecular flexibility index (Phi) is 15.9. The van der Waals surface area contributed by atoms with Crippen LogP contribution in [0.4, 0.5) is 0 Å². The molecule has 0 bridgehead atoms. The van der Waals surface area contributed by atoms with Crippen LogP contribution in [0.3, 0.4) is 0 Å². The molecule has 3 heteroatoms. The number of unbranched alkanes of at least 4 members (excludes halogenated alkanes) is 7. The Morgan fingerprint density at radius 1 is 0.909 bits per heavy atom. The molecular formula is C19H38N2O. The zero-order valence-electron chi connectivity index (χ0n) is 15.2. The summed E-state index contributed by atoms with van der Waals surface area (Å²) in [4.78, 5) is 13.8. The summed E-state index contributed by atoms with van der Waals surface area (Å²) in [5, 5.41) is 3.00. The molecule has 1 N–H and O–H groups in total. The lowest BCUT2D eigenvalue weighted by Gasteiger charge is -2.09. The second-order valence-corrected chi connectivity index (χ2v) is 6.43. The van der Waals surface area contributed by atoms with E-state index in [0.29, 0.717) is 6.42 Å². The molecule has 0 aromatic heterocycles. The summed E-state index contributed by atoms with van der Waals surface area (Å²) in [6.07, 6.45) is 17.5. The Hall–Kier alpha value is -0.830. The van der Waals surface area contributed by atoms with Crippen LogP contribution in [0.25, 0.3) is 0 Å². The first kappa shape index (κ1) is 21.2. The Balaban J connectivity index is 3.21. The van der Waals surface area contributed by atoms with E-state index in [0.717, 1.165) is 25.9 Å². The Morgan fingerprint density at radius 3 is 2.23 bits per heavy atom. The number of carbonyl (C=O) groups excluding carboxylic acids is 1. The predicted molar refractivity (Wildman–Crippen MR) is 97.2 cm³/mol. The fourth-order valence-corrected chi connectivity index (χ4v) is 2.35. The molecule has 0 heterocycles. The van der Waals surface area contributed by atoms with E-state index in [1.807, 2.05) is 0 Å². The molecule has 0 radical (unpaired) electrons. The van der Waals surface area contributed by atoms with E-state index in [2.05, 4.69) is 43.4 Å². The van der Waals surface area contributed by atoms with Gasteiger partial charge in [-0.15, -0.1) is 0 Å². The summed E-state index contributed by atoms with van der Waals surface area (Å²) < 4.78 is 0. The van der Waals surface area contributed by atoms with Gasteiger partial charge in [0.1, 0.15) is 0 Å². The van der Waals surface area contributed by atoms with Crippen LogP contribution in [0.2, 0.25) is 0 Å². The fourth-order valence-electron chi connectivity index (χ4n) is 2.35. The molecule has 0 fully saturated rings. The highest BCUT2D eigenvalue weighted by Gasteiger charge is 2.00. The summed E-state index contributed by atoms with van der Waals surface area (Å²) in [7, 11) is 4.12. The van der Waals surface area contributed by atoms with Crippen LogP contribution >= 0.6 is 0 Å². The molecule has 1 amide bonds. The van der Waals surface area contributed by atoms with Gasteiger partial charge in [0.05, 0.1) is 0 Å². The molecule has 22 heavy (non-hydrogen) atoms. The lowest BCUT2D eigenvalue weighted by Crippen LogP contribution is -2.26. The van der Waals surface area contributed by atoms with Crippen LogP contribution in [0, 0.1) is 0 Å². The van der Waals surface area contributed by atoms with Gasteiger partial charge in [0.15, 0.2) is 0 Å². The van der Waals surface area contributed by atoms with Crippen molar-refractivity contribution in [2.75, 3.05) is 27.2 Å². The van der Waals surface area contributed by atoms with E-state index in [-0.39, 0.29) is 5.91 Å². The van der Waals surface area contributed by atoms with Crippen molar-refractivity contribution >= 4 is 5.91 Å². The van der Waals surface area contributed by atoms with E-state index in [1.165, 1.54) is 51.4 Å². The summed E-state index contributed by atoms with van der Waals surface area (Å²) in [5.74, 6) is 0.220. The van der Waals surface area contributed by atoms with E-state index in [4.69, 9.17) is 0 Å². The number of hydrogen-bond donors (Lipinski definition) is 1. The van der Waals surface area contributed by atoms with Crippen LogP contribution in [-0.2, 0) is 4.79 Å². The van der Waals surface area contributed by atoms with Crippen LogP contribution in [0.1, 0.15) is 77.6 Å². The molecule has 0 atom stereocenters. The summed E-state index contributed by atoms with van der Waals surface area (Å²) in [6.45, 7) is 4.08. The maximum Gasteiger partial charge on any atom is 0.219 e. The maximum atomic E-state index is 11.6. The quantitative estimate of drug-likeness (QED) is 0.356. The Labute approximate surface area is 138 Å². The first-order valence-corrected chi connectivity index (χ1v) is 9.23. The van der Waals surface area contributed by atoms with Gasteiger partial charge in [-0.05, 0) is 52.7 Å². The van der Waals surface area contributed by atoms with Gasteiger partial charge < -0.3 is 10.2 Å². The fraction of sp³-hybridized carbons (Fsp3) is 0.842. The van der Waals surface area contributed by atoms with Gasteiger partial charge >= 0.3 is 0 Å². The molecule has 0 spiro atoms. The van der Waals surface area contributed by atoms with E-state index < -0.39 is 0 Å². The average molecular weight is 311 g/mol. The second kappa shape index (κ2) is 16.5. The SMILES string of the molecule is CCCC/C=C/CCCCCCCC(=O)NCCCN(C)C. The summed E-state index contributed by atoms with van der Waals surface area (Å²) >= 11 is 0. The van der Waals surface area contributed by atoms with Crippen LogP contribution < -0.4 is 5.32 Å². The summed E-state index contributed by atoms with van der Waals surface area (Å²) in [5.41, 5.74) is 0. The minimum atomic E-state index is 0.220. The Morgan fingerprint density at radius 2 is 1.55 bits per heavy atom. The van der Waals surface area contributed by atoms with Crippen molar-refractivity contribution in [3.63, 3.8) is 0 Å². The third kappa shape index (κ3) is 17.2. The van der Waals surface area contributed by atoms with Crippen molar-refractivity contribution in [3.8, 4) is 0 Å². The van der Waals surface area contributed by atoms with Crippen molar-refractivity contribution in [3.05, 3.63) is 12.2 Å². The van der Waals surface area contributed by atoms with Crippen molar-refractivity contribution in [1.82, 2.24) is 10.2 Å². The number of carbonyl (C=O) groups is 1. The van der Waals surface area contributed by atoms with Crippen LogP contribution in [0.5, 0.6) is 0 Å². The number of rotatable bonds is 15. The maximum absolute atomic E-state index is 11.6. The minimum absolute atomic E-state index is 0.220. The highest BCUT2D eigenvalue weighted by atomic mass is 16.1.